The lowest BCUT2D eigenvalue weighted by Gasteiger charge is -2.20. The first-order valence-corrected chi connectivity index (χ1v) is 4.82. The molecule has 0 aromatic heterocycles. The molecule has 0 heterocycles. The second kappa shape index (κ2) is 8.49. The minimum Gasteiger partial charge on any atom is -0.515 e. The Hall–Kier alpha value is -1.66. The summed E-state index contributed by atoms with van der Waals surface area (Å²) in [4.78, 5) is 21.5. The number of aliphatic hydroxyl groups excluding tert-OH is 2. The fourth-order valence-corrected chi connectivity index (χ4v) is 1.35. The molecule has 17 heavy (non-hydrogen) atoms. The smallest absolute Gasteiger partial charge is 0.157 e. The van der Waals surface area contributed by atoms with Crippen molar-refractivity contribution in [1.29, 1.82) is 0 Å². The zero-order chi connectivity index (χ0) is 13.3. The van der Waals surface area contributed by atoms with Gasteiger partial charge < -0.3 is 19.7 Å². The molecule has 0 aliphatic rings. The van der Waals surface area contributed by atoms with Crippen LogP contribution >= 0.6 is 0 Å². The Morgan fingerprint density at radius 2 is 1.47 bits per heavy atom. The van der Waals surface area contributed by atoms with Crippen LogP contribution in [0.4, 0.5) is 0 Å². The van der Waals surface area contributed by atoms with E-state index in [1.165, 1.54) is 14.2 Å². The number of methoxy groups -OCH3 is 2. The molecule has 0 rings (SSSR count). The van der Waals surface area contributed by atoms with Gasteiger partial charge in [-0.2, -0.15) is 0 Å². The van der Waals surface area contributed by atoms with Gasteiger partial charge in [-0.1, -0.05) is 0 Å². The minimum absolute atomic E-state index is 0.0449. The van der Waals surface area contributed by atoms with E-state index in [1.54, 1.807) is 0 Å². The maximum atomic E-state index is 10.7. The second-order valence-electron chi connectivity index (χ2n) is 3.18. The molecule has 1 atom stereocenters. The van der Waals surface area contributed by atoms with E-state index in [9.17, 15) is 9.59 Å². The van der Waals surface area contributed by atoms with Crippen LogP contribution in [0.5, 0.6) is 0 Å². The fraction of sp³-hybridized carbons (Fsp3) is 0.455. The molecule has 6 nitrogen and oxygen atoms in total. The molecule has 1 unspecified atom stereocenters. The van der Waals surface area contributed by atoms with E-state index in [1.807, 2.05) is 0 Å². The van der Waals surface area contributed by atoms with Crippen molar-refractivity contribution in [3.63, 3.8) is 0 Å². The number of aldehydes is 2. The van der Waals surface area contributed by atoms with Crippen molar-refractivity contribution in [2.45, 2.75) is 12.7 Å². The molecule has 0 radical (unpaired) electrons. The molecule has 0 bridgehead atoms. The van der Waals surface area contributed by atoms with Crippen LogP contribution in [0.1, 0.15) is 6.42 Å². The summed E-state index contributed by atoms with van der Waals surface area (Å²) in [5.74, 6) is -0.787. The summed E-state index contributed by atoms with van der Waals surface area (Å²) in [6.45, 7) is 0. The quantitative estimate of drug-likeness (QED) is 0.285. The highest BCUT2D eigenvalue weighted by Crippen LogP contribution is 2.24. The van der Waals surface area contributed by atoms with Gasteiger partial charge in [-0.15, -0.1) is 0 Å². The van der Waals surface area contributed by atoms with Crippen LogP contribution in [0.3, 0.4) is 0 Å². The number of hydrogen-bond donors (Lipinski definition) is 2. The summed E-state index contributed by atoms with van der Waals surface area (Å²) in [6, 6.07) is 0. The molecule has 96 valence electrons. The number of carbonyl (C=O) groups excluding carboxylic acids is 2. The lowest BCUT2D eigenvalue weighted by molar-refractivity contribution is -0.114. The van der Waals surface area contributed by atoms with Crippen LogP contribution in [-0.4, -0.2) is 43.3 Å². The molecular formula is C11H16O6. The van der Waals surface area contributed by atoms with Gasteiger partial charge in [-0.3, -0.25) is 9.59 Å². The summed E-state index contributed by atoms with van der Waals surface area (Å²) in [5, 5.41) is 17.8. The Morgan fingerprint density at radius 3 is 1.71 bits per heavy atom. The van der Waals surface area contributed by atoms with E-state index in [2.05, 4.69) is 0 Å². The highest BCUT2D eigenvalue weighted by Gasteiger charge is 2.24. The molecule has 0 spiro atoms. The highest BCUT2D eigenvalue weighted by molar-refractivity contribution is 5.81. The minimum atomic E-state index is -0.787. The van der Waals surface area contributed by atoms with Crippen molar-refractivity contribution in [3.8, 4) is 0 Å². The zero-order valence-electron chi connectivity index (χ0n) is 9.70. The van der Waals surface area contributed by atoms with Crippen LogP contribution in [0.15, 0.2) is 23.7 Å². The van der Waals surface area contributed by atoms with Gasteiger partial charge in [0.15, 0.2) is 6.29 Å². The Balaban J connectivity index is 5.10. The number of ether oxygens (including phenoxy) is 2. The monoisotopic (exact) mass is 244 g/mol. The highest BCUT2D eigenvalue weighted by atomic mass is 16.7. The van der Waals surface area contributed by atoms with Crippen molar-refractivity contribution >= 4 is 12.6 Å². The Labute approximate surface area is 99.1 Å². The van der Waals surface area contributed by atoms with Crippen molar-refractivity contribution in [2.75, 3.05) is 14.2 Å². The van der Waals surface area contributed by atoms with Crippen molar-refractivity contribution in [2.24, 2.45) is 5.92 Å². The van der Waals surface area contributed by atoms with Crippen LogP contribution in [0, 0.1) is 5.92 Å². The molecular weight excluding hydrogens is 228 g/mol. The predicted octanol–water partition coefficient (Wildman–Crippen LogP) is 0.893. The molecule has 0 aromatic carbocycles. The van der Waals surface area contributed by atoms with E-state index < -0.39 is 12.2 Å². The first kappa shape index (κ1) is 15.3. The summed E-state index contributed by atoms with van der Waals surface area (Å²) < 4.78 is 9.87. The van der Waals surface area contributed by atoms with Gasteiger partial charge in [0.1, 0.15) is 12.6 Å². The molecule has 0 aromatic rings. The lowest BCUT2D eigenvalue weighted by atomic mass is 9.90. The molecule has 0 aliphatic carbocycles. The van der Waals surface area contributed by atoms with Crippen LogP contribution in [0.2, 0.25) is 0 Å². The zero-order valence-corrected chi connectivity index (χ0v) is 9.70. The maximum absolute atomic E-state index is 10.7. The lowest BCUT2D eigenvalue weighted by Crippen LogP contribution is -2.22. The van der Waals surface area contributed by atoms with Crippen LogP contribution in [-0.2, 0) is 19.1 Å². The van der Waals surface area contributed by atoms with E-state index in [0.717, 1.165) is 0 Å². The molecule has 2 N–H and O–H groups in total. The Kier molecular flexibility index (Phi) is 7.66. The molecule has 0 fully saturated rings. The first-order valence-electron chi connectivity index (χ1n) is 4.82. The molecule has 0 saturated heterocycles. The fourth-order valence-electron chi connectivity index (χ4n) is 1.35. The molecule has 0 amide bonds. The maximum Gasteiger partial charge on any atom is 0.157 e. The van der Waals surface area contributed by atoms with E-state index in [0.29, 0.717) is 25.1 Å². The van der Waals surface area contributed by atoms with Crippen molar-refractivity contribution in [1.82, 2.24) is 0 Å². The van der Waals surface area contributed by atoms with E-state index in [4.69, 9.17) is 19.7 Å². The number of rotatable bonds is 8. The average molecular weight is 244 g/mol. The van der Waals surface area contributed by atoms with Gasteiger partial charge in [0, 0.05) is 37.7 Å². The largest absolute Gasteiger partial charge is 0.515 e. The van der Waals surface area contributed by atoms with Gasteiger partial charge in [-0.25, -0.2) is 0 Å². The Morgan fingerprint density at radius 1 is 1.06 bits per heavy atom. The molecule has 0 saturated carbocycles. The number of hydrogen-bond acceptors (Lipinski definition) is 6. The van der Waals surface area contributed by atoms with Gasteiger partial charge in [0.05, 0.1) is 12.5 Å². The summed E-state index contributed by atoms with van der Waals surface area (Å²) in [5.41, 5.74) is -0.0898. The van der Waals surface area contributed by atoms with Crippen molar-refractivity contribution in [3.05, 3.63) is 23.7 Å². The second-order valence-corrected chi connectivity index (χ2v) is 3.18. The first-order chi connectivity index (χ1) is 8.18. The van der Waals surface area contributed by atoms with Gasteiger partial charge >= 0.3 is 0 Å². The van der Waals surface area contributed by atoms with Gasteiger partial charge in [-0.05, 0) is 0 Å². The molecule has 0 aliphatic heterocycles. The summed E-state index contributed by atoms with van der Waals surface area (Å²) in [7, 11) is 2.80. The average Bonchev–Trinajstić information content (AvgIpc) is 2.37. The third kappa shape index (κ3) is 4.38. The predicted molar refractivity (Wildman–Crippen MR) is 59.5 cm³/mol. The topological polar surface area (TPSA) is 93.1 Å². The Bertz CT molecular complexity index is 279. The van der Waals surface area contributed by atoms with Crippen molar-refractivity contribution < 1.29 is 29.3 Å². The van der Waals surface area contributed by atoms with Gasteiger partial charge in [0.25, 0.3) is 0 Å². The van der Waals surface area contributed by atoms with Crippen LogP contribution < -0.4 is 0 Å². The molecule has 6 heteroatoms. The van der Waals surface area contributed by atoms with Gasteiger partial charge in [0.2, 0.25) is 0 Å². The van der Waals surface area contributed by atoms with E-state index >= 15 is 0 Å². The number of carbonyl (C=O) groups is 2. The van der Waals surface area contributed by atoms with E-state index in [-0.39, 0.29) is 17.6 Å². The SMILES string of the molecule is COC(CC(/C(C=O)=C/O)/C(C=O)=C\O)OC. The number of aliphatic hydroxyl groups is 2. The standard InChI is InChI=1S/C11H16O6/c1-16-11(17-2)3-10(8(4-12)5-13)9(6-14)7-15/h4-7,10-12,14H,3H2,1-2H3/b8-4-,9-6+. The third-order valence-corrected chi connectivity index (χ3v) is 2.33. The number of allylic oxidation sites excluding steroid dienone is 2. The summed E-state index contributed by atoms with van der Waals surface area (Å²) >= 11 is 0. The normalized spacial score (nSPS) is 14.8. The summed E-state index contributed by atoms with van der Waals surface area (Å²) in [6.07, 6.45) is 1.44. The third-order valence-electron chi connectivity index (χ3n) is 2.33. The van der Waals surface area contributed by atoms with Crippen LogP contribution in [0.25, 0.3) is 0 Å².